The van der Waals surface area contributed by atoms with Crippen LogP contribution in [0.25, 0.3) is 4.85 Å². The molecular weight excluding hydrogens is 451 g/mol. The Bertz CT molecular complexity index is 1400. The first-order valence-corrected chi connectivity index (χ1v) is 10.8. The highest BCUT2D eigenvalue weighted by atomic mass is 19.1. The molecule has 2 aromatic carbocycles. The minimum absolute atomic E-state index is 0.0765. The third kappa shape index (κ3) is 4.01. The number of benzene rings is 2. The molecule has 1 saturated heterocycles. The van der Waals surface area contributed by atoms with Gasteiger partial charge in [-0.1, -0.05) is 12.1 Å². The molecule has 0 aliphatic carbocycles. The number of imide groups is 1. The van der Waals surface area contributed by atoms with Crippen LogP contribution in [0.3, 0.4) is 0 Å². The molecule has 4 amide bonds. The molecular formula is C25H23FN6O3. The molecule has 4 rings (SSSR count). The summed E-state index contributed by atoms with van der Waals surface area (Å²) >= 11 is 0. The zero-order valence-corrected chi connectivity index (χ0v) is 19.7. The molecule has 1 aliphatic rings. The van der Waals surface area contributed by atoms with E-state index in [9.17, 15) is 18.8 Å². The highest BCUT2D eigenvalue weighted by molar-refractivity contribution is 6.30. The van der Waals surface area contributed by atoms with Gasteiger partial charge >= 0.3 is 6.03 Å². The standard InChI is InChI=1S/C25H23FN6O3/c1-15-12-17(8-9-20(15)27-4)31-23(34)25(2,3)32(24(31)35)18-7-6-16(19(26)13-18)14-29-22(33)21-28-10-11-30(21)5/h6-13H,14H2,1-3,5H3,(H,29,33). The van der Waals surface area contributed by atoms with E-state index < -0.39 is 29.2 Å². The SMILES string of the molecule is [C-]#[N+]c1ccc(N2C(=O)N(c3ccc(CNC(=O)c4nccn4C)c(F)c3)C(C)(C)C2=O)cc1C. The van der Waals surface area contributed by atoms with Crippen molar-refractivity contribution in [1.82, 2.24) is 14.9 Å². The van der Waals surface area contributed by atoms with Gasteiger partial charge in [-0.3, -0.25) is 14.5 Å². The van der Waals surface area contributed by atoms with Crippen LogP contribution < -0.4 is 15.1 Å². The summed E-state index contributed by atoms with van der Waals surface area (Å²) in [4.78, 5) is 48.5. The smallest absolute Gasteiger partial charge is 0.336 e. The Kier molecular flexibility index (Phi) is 5.86. The lowest BCUT2D eigenvalue weighted by Crippen LogP contribution is -2.44. The minimum atomic E-state index is -1.27. The van der Waals surface area contributed by atoms with Crippen LogP contribution in [0.1, 0.15) is 35.6 Å². The number of aromatic nitrogens is 2. The Morgan fingerprint density at radius 1 is 1.17 bits per heavy atom. The van der Waals surface area contributed by atoms with Crippen molar-refractivity contribution in [3.63, 3.8) is 0 Å². The molecule has 1 N–H and O–H groups in total. The number of nitrogens with zero attached hydrogens (tertiary/aromatic N) is 5. The number of carbonyl (C=O) groups is 3. The first kappa shape index (κ1) is 23.6. The first-order chi connectivity index (χ1) is 16.6. The van der Waals surface area contributed by atoms with Crippen molar-refractivity contribution in [1.29, 1.82) is 0 Å². The number of hydrogen-bond donors (Lipinski definition) is 1. The quantitative estimate of drug-likeness (QED) is 0.445. The monoisotopic (exact) mass is 474 g/mol. The molecule has 0 saturated carbocycles. The number of rotatable bonds is 5. The highest BCUT2D eigenvalue weighted by Gasteiger charge is 2.52. The second-order valence-electron chi connectivity index (χ2n) is 8.72. The Morgan fingerprint density at radius 3 is 2.49 bits per heavy atom. The van der Waals surface area contributed by atoms with E-state index >= 15 is 0 Å². The Hall–Kier alpha value is -4.52. The second kappa shape index (κ2) is 8.68. The highest BCUT2D eigenvalue weighted by Crippen LogP contribution is 2.37. The molecule has 178 valence electrons. The Balaban J connectivity index is 1.59. The zero-order chi connectivity index (χ0) is 25.5. The Labute approximate surface area is 201 Å². The maximum Gasteiger partial charge on any atom is 0.336 e. The van der Waals surface area contributed by atoms with E-state index in [1.807, 2.05) is 0 Å². The van der Waals surface area contributed by atoms with Crippen LogP contribution in [-0.4, -0.2) is 32.9 Å². The molecule has 0 unspecified atom stereocenters. The lowest BCUT2D eigenvalue weighted by Gasteiger charge is -2.28. The van der Waals surface area contributed by atoms with Crippen LogP contribution in [0.2, 0.25) is 0 Å². The normalized spacial score (nSPS) is 14.9. The summed E-state index contributed by atoms with van der Waals surface area (Å²) in [6.45, 7) is 12.0. The largest absolute Gasteiger partial charge is 0.345 e. The number of aryl methyl sites for hydroxylation is 2. The zero-order valence-electron chi connectivity index (χ0n) is 19.7. The van der Waals surface area contributed by atoms with Gasteiger partial charge in [-0.05, 0) is 50.6 Å². The van der Waals surface area contributed by atoms with Gasteiger partial charge in [0.25, 0.3) is 11.8 Å². The van der Waals surface area contributed by atoms with Gasteiger partial charge < -0.3 is 9.88 Å². The van der Waals surface area contributed by atoms with Gasteiger partial charge in [-0.25, -0.2) is 23.9 Å². The van der Waals surface area contributed by atoms with Gasteiger partial charge in [0.1, 0.15) is 11.4 Å². The van der Waals surface area contributed by atoms with E-state index in [0.29, 0.717) is 16.9 Å². The fourth-order valence-electron chi connectivity index (χ4n) is 4.02. The van der Waals surface area contributed by atoms with E-state index in [4.69, 9.17) is 6.57 Å². The Morgan fingerprint density at radius 2 is 1.89 bits per heavy atom. The van der Waals surface area contributed by atoms with E-state index in [2.05, 4.69) is 15.1 Å². The number of carbonyl (C=O) groups excluding carboxylic acids is 3. The van der Waals surface area contributed by atoms with Crippen LogP contribution in [0.4, 0.5) is 26.2 Å². The van der Waals surface area contributed by atoms with Crippen LogP contribution in [0.5, 0.6) is 0 Å². The van der Waals surface area contributed by atoms with Gasteiger partial charge in [0.15, 0.2) is 11.5 Å². The van der Waals surface area contributed by atoms with Crippen molar-refractivity contribution in [3.8, 4) is 0 Å². The molecule has 1 fully saturated rings. The molecule has 9 nitrogen and oxygen atoms in total. The van der Waals surface area contributed by atoms with Crippen molar-refractivity contribution in [2.45, 2.75) is 32.9 Å². The van der Waals surface area contributed by atoms with Crippen LogP contribution in [0.15, 0.2) is 48.8 Å². The minimum Gasteiger partial charge on any atom is -0.345 e. The van der Waals surface area contributed by atoms with Gasteiger partial charge in [0, 0.05) is 37.2 Å². The summed E-state index contributed by atoms with van der Waals surface area (Å²) in [5.74, 6) is -1.35. The average Bonchev–Trinajstić information content (AvgIpc) is 3.31. The summed E-state index contributed by atoms with van der Waals surface area (Å²) in [5, 5.41) is 2.62. The van der Waals surface area contributed by atoms with Crippen molar-refractivity contribution in [2.24, 2.45) is 7.05 Å². The molecule has 1 aliphatic heterocycles. The number of halogens is 1. The molecule has 3 aromatic rings. The average molecular weight is 474 g/mol. The van der Waals surface area contributed by atoms with E-state index in [1.165, 1.54) is 29.3 Å². The van der Waals surface area contributed by atoms with Crippen molar-refractivity contribution in [3.05, 3.63) is 83.0 Å². The lowest BCUT2D eigenvalue weighted by atomic mass is 10.0. The number of urea groups is 1. The molecule has 35 heavy (non-hydrogen) atoms. The molecule has 2 heterocycles. The lowest BCUT2D eigenvalue weighted by molar-refractivity contribution is -0.120. The van der Waals surface area contributed by atoms with E-state index in [0.717, 1.165) is 4.90 Å². The van der Waals surface area contributed by atoms with Gasteiger partial charge in [-0.15, -0.1) is 0 Å². The molecule has 0 spiro atoms. The molecule has 0 radical (unpaired) electrons. The summed E-state index contributed by atoms with van der Waals surface area (Å²) in [6, 6.07) is 8.27. The molecule has 1 aromatic heterocycles. The van der Waals surface area contributed by atoms with Gasteiger partial charge in [0.2, 0.25) is 0 Å². The van der Waals surface area contributed by atoms with Crippen molar-refractivity contribution >= 4 is 34.9 Å². The maximum absolute atomic E-state index is 15.0. The van der Waals surface area contributed by atoms with E-state index in [-0.39, 0.29) is 23.6 Å². The predicted molar refractivity (Wildman–Crippen MR) is 128 cm³/mol. The molecule has 0 bridgehead atoms. The summed E-state index contributed by atoms with van der Waals surface area (Å²) in [7, 11) is 1.68. The van der Waals surface area contributed by atoms with E-state index in [1.54, 1.807) is 56.8 Å². The fraction of sp³-hybridized carbons (Fsp3) is 0.240. The van der Waals surface area contributed by atoms with Crippen LogP contribution in [0, 0.1) is 19.3 Å². The van der Waals surface area contributed by atoms with Gasteiger partial charge in [0.05, 0.1) is 12.3 Å². The maximum atomic E-state index is 15.0. The van der Waals surface area contributed by atoms with Crippen molar-refractivity contribution < 1.29 is 18.8 Å². The summed E-state index contributed by atoms with van der Waals surface area (Å²) in [5.41, 5.74) is 0.559. The predicted octanol–water partition coefficient (Wildman–Crippen LogP) is 4.10. The molecule has 10 heteroatoms. The number of hydrogen-bond acceptors (Lipinski definition) is 4. The van der Waals surface area contributed by atoms with Crippen LogP contribution in [-0.2, 0) is 18.4 Å². The number of imidazole rings is 1. The second-order valence-corrected chi connectivity index (χ2v) is 8.72. The van der Waals surface area contributed by atoms with Gasteiger partial charge in [-0.2, -0.15) is 0 Å². The fourth-order valence-corrected chi connectivity index (χ4v) is 4.02. The van der Waals surface area contributed by atoms with Crippen molar-refractivity contribution in [2.75, 3.05) is 9.80 Å². The number of amides is 4. The summed E-state index contributed by atoms with van der Waals surface area (Å²) in [6.07, 6.45) is 3.12. The van der Waals surface area contributed by atoms with Crippen LogP contribution >= 0.6 is 0 Å². The molecule has 0 atom stereocenters. The summed E-state index contributed by atoms with van der Waals surface area (Å²) < 4.78 is 16.5. The number of anilines is 2. The third-order valence-corrected chi connectivity index (χ3v) is 5.99. The topological polar surface area (TPSA) is 91.9 Å². The third-order valence-electron chi connectivity index (χ3n) is 5.99. The first-order valence-electron chi connectivity index (χ1n) is 10.8. The number of nitrogens with one attached hydrogen (secondary N) is 1.